The Morgan fingerprint density at radius 1 is 1.32 bits per heavy atom. The van der Waals surface area contributed by atoms with Crippen LogP contribution in [0.25, 0.3) is 0 Å². The predicted molar refractivity (Wildman–Crippen MR) is 72.9 cm³/mol. The molecule has 1 aromatic carbocycles. The first-order chi connectivity index (χ1) is 9.29. The maximum atomic E-state index is 13.9. The zero-order valence-corrected chi connectivity index (χ0v) is 11.4. The fraction of sp³-hybridized carbons (Fsp3) is 0.600. The van der Waals surface area contributed by atoms with Gasteiger partial charge in [-0.25, -0.2) is 4.39 Å². The van der Waals surface area contributed by atoms with Crippen LogP contribution in [0.5, 0.6) is 5.75 Å². The van der Waals surface area contributed by atoms with Gasteiger partial charge < -0.3 is 10.1 Å². The molecule has 4 heteroatoms. The van der Waals surface area contributed by atoms with E-state index in [1.807, 2.05) is 6.07 Å². The van der Waals surface area contributed by atoms with Gasteiger partial charge >= 0.3 is 0 Å². The van der Waals surface area contributed by atoms with Crippen molar-refractivity contribution >= 4 is 0 Å². The van der Waals surface area contributed by atoms with Gasteiger partial charge in [-0.15, -0.1) is 0 Å². The van der Waals surface area contributed by atoms with Crippen LogP contribution in [0.15, 0.2) is 18.2 Å². The zero-order valence-electron chi connectivity index (χ0n) is 11.4. The molecule has 1 heterocycles. The average Bonchev–Trinajstić information content (AvgIpc) is 3.25. The highest BCUT2D eigenvalue weighted by molar-refractivity contribution is 5.32. The number of methoxy groups -OCH3 is 1. The minimum atomic E-state index is -0.249. The SMILES string of the molecule is COc1ccc([C@H](C2CC2)N2CCNCC2)cc1F. The summed E-state index contributed by atoms with van der Waals surface area (Å²) in [4.78, 5) is 2.50. The van der Waals surface area contributed by atoms with E-state index in [0.717, 1.165) is 31.7 Å². The van der Waals surface area contributed by atoms with Crippen molar-refractivity contribution in [3.8, 4) is 5.75 Å². The number of benzene rings is 1. The fourth-order valence-electron chi connectivity index (χ4n) is 3.02. The smallest absolute Gasteiger partial charge is 0.165 e. The molecule has 1 N–H and O–H groups in total. The Kier molecular flexibility index (Phi) is 3.71. The van der Waals surface area contributed by atoms with Crippen LogP contribution in [0.3, 0.4) is 0 Å². The van der Waals surface area contributed by atoms with Crippen molar-refractivity contribution in [1.29, 1.82) is 0 Å². The lowest BCUT2D eigenvalue weighted by molar-refractivity contribution is 0.156. The number of piperazine rings is 1. The molecule has 1 aliphatic carbocycles. The zero-order chi connectivity index (χ0) is 13.2. The van der Waals surface area contributed by atoms with Gasteiger partial charge in [-0.1, -0.05) is 6.07 Å². The third kappa shape index (κ3) is 2.74. The second-order valence-corrected chi connectivity index (χ2v) is 5.46. The van der Waals surface area contributed by atoms with Crippen molar-refractivity contribution in [2.75, 3.05) is 33.3 Å². The van der Waals surface area contributed by atoms with Gasteiger partial charge in [-0.05, 0) is 36.5 Å². The monoisotopic (exact) mass is 264 g/mol. The first kappa shape index (κ1) is 12.9. The van der Waals surface area contributed by atoms with Gasteiger partial charge in [0, 0.05) is 32.2 Å². The van der Waals surface area contributed by atoms with Crippen molar-refractivity contribution in [2.45, 2.75) is 18.9 Å². The normalized spacial score (nSPS) is 22.2. The molecule has 0 unspecified atom stereocenters. The van der Waals surface area contributed by atoms with Crippen LogP contribution in [0.1, 0.15) is 24.4 Å². The van der Waals surface area contributed by atoms with Crippen molar-refractivity contribution in [2.24, 2.45) is 5.92 Å². The summed E-state index contributed by atoms with van der Waals surface area (Å²) in [5.41, 5.74) is 1.10. The van der Waals surface area contributed by atoms with E-state index >= 15 is 0 Å². The lowest BCUT2D eigenvalue weighted by Crippen LogP contribution is -2.45. The molecule has 104 valence electrons. The highest BCUT2D eigenvalue weighted by atomic mass is 19.1. The van der Waals surface area contributed by atoms with E-state index in [1.165, 1.54) is 20.0 Å². The molecule has 1 aliphatic heterocycles. The third-order valence-corrected chi connectivity index (χ3v) is 4.13. The summed E-state index contributed by atoms with van der Waals surface area (Å²) in [6.07, 6.45) is 2.53. The van der Waals surface area contributed by atoms with E-state index in [-0.39, 0.29) is 5.82 Å². The molecular formula is C15H21FN2O. The average molecular weight is 264 g/mol. The predicted octanol–water partition coefficient (Wildman–Crippen LogP) is 2.19. The summed E-state index contributed by atoms with van der Waals surface area (Å²) in [6.45, 7) is 4.16. The fourth-order valence-corrected chi connectivity index (χ4v) is 3.02. The van der Waals surface area contributed by atoms with Crippen LogP contribution in [0.4, 0.5) is 4.39 Å². The van der Waals surface area contributed by atoms with E-state index in [9.17, 15) is 4.39 Å². The molecule has 2 fully saturated rings. The van der Waals surface area contributed by atoms with E-state index in [1.54, 1.807) is 12.1 Å². The molecule has 1 atom stereocenters. The van der Waals surface area contributed by atoms with Crippen molar-refractivity contribution in [3.63, 3.8) is 0 Å². The molecule has 3 rings (SSSR count). The maximum Gasteiger partial charge on any atom is 0.165 e. The van der Waals surface area contributed by atoms with Gasteiger partial charge in [-0.3, -0.25) is 4.90 Å². The number of hydrogen-bond donors (Lipinski definition) is 1. The maximum absolute atomic E-state index is 13.9. The molecule has 0 spiro atoms. The Labute approximate surface area is 113 Å². The molecule has 1 saturated carbocycles. The lowest BCUT2D eigenvalue weighted by Gasteiger charge is -2.35. The van der Waals surface area contributed by atoms with Gasteiger partial charge in [0.2, 0.25) is 0 Å². The number of rotatable bonds is 4. The van der Waals surface area contributed by atoms with Crippen molar-refractivity contribution in [1.82, 2.24) is 10.2 Å². The van der Waals surface area contributed by atoms with Gasteiger partial charge in [-0.2, -0.15) is 0 Å². The number of halogens is 1. The van der Waals surface area contributed by atoms with Crippen LogP contribution in [0.2, 0.25) is 0 Å². The first-order valence-corrected chi connectivity index (χ1v) is 7.08. The molecule has 3 nitrogen and oxygen atoms in total. The minimum Gasteiger partial charge on any atom is -0.494 e. The van der Waals surface area contributed by atoms with Gasteiger partial charge in [0.1, 0.15) is 0 Å². The molecular weight excluding hydrogens is 243 g/mol. The summed E-state index contributed by atoms with van der Waals surface area (Å²) < 4.78 is 18.9. The summed E-state index contributed by atoms with van der Waals surface area (Å²) in [5, 5.41) is 3.37. The van der Waals surface area contributed by atoms with E-state index in [2.05, 4.69) is 10.2 Å². The highest BCUT2D eigenvalue weighted by Gasteiger charge is 2.36. The number of ether oxygens (including phenoxy) is 1. The second-order valence-electron chi connectivity index (χ2n) is 5.46. The summed E-state index contributed by atoms with van der Waals surface area (Å²) in [6, 6.07) is 5.81. The van der Waals surface area contributed by atoms with E-state index in [0.29, 0.717) is 17.7 Å². The summed E-state index contributed by atoms with van der Waals surface area (Å²) >= 11 is 0. The number of hydrogen-bond acceptors (Lipinski definition) is 3. The second kappa shape index (κ2) is 5.47. The molecule has 0 bridgehead atoms. The molecule has 19 heavy (non-hydrogen) atoms. The Hall–Kier alpha value is -1.13. The minimum absolute atomic E-state index is 0.249. The summed E-state index contributed by atoms with van der Waals surface area (Å²) in [5.74, 6) is 0.783. The Morgan fingerprint density at radius 3 is 2.63 bits per heavy atom. The van der Waals surface area contributed by atoms with Gasteiger partial charge in [0.15, 0.2) is 11.6 Å². The lowest BCUT2D eigenvalue weighted by atomic mass is 9.99. The van der Waals surface area contributed by atoms with Crippen LogP contribution in [-0.4, -0.2) is 38.2 Å². The van der Waals surface area contributed by atoms with Crippen molar-refractivity contribution in [3.05, 3.63) is 29.6 Å². The first-order valence-electron chi connectivity index (χ1n) is 7.08. The molecule has 1 saturated heterocycles. The third-order valence-electron chi connectivity index (χ3n) is 4.13. The largest absolute Gasteiger partial charge is 0.494 e. The highest BCUT2D eigenvalue weighted by Crippen LogP contribution is 2.45. The topological polar surface area (TPSA) is 24.5 Å². The molecule has 0 radical (unpaired) electrons. The van der Waals surface area contributed by atoms with Crippen LogP contribution in [0, 0.1) is 11.7 Å². The van der Waals surface area contributed by atoms with Crippen LogP contribution in [-0.2, 0) is 0 Å². The number of nitrogens with one attached hydrogen (secondary N) is 1. The molecule has 0 amide bonds. The van der Waals surface area contributed by atoms with Gasteiger partial charge in [0.25, 0.3) is 0 Å². The van der Waals surface area contributed by atoms with E-state index in [4.69, 9.17) is 4.74 Å². The number of nitrogens with zero attached hydrogens (tertiary/aromatic N) is 1. The Bertz CT molecular complexity index is 442. The van der Waals surface area contributed by atoms with Crippen LogP contribution >= 0.6 is 0 Å². The molecule has 0 aromatic heterocycles. The summed E-state index contributed by atoms with van der Waals surface area (Å²) in [7, 11) is 1.51. The van der Waals surface area contributed by atoms with Crippen molar-refractivity contribution < 1.29 is 9.13 Å². The molecule has 2 aliphatic rings. The quantitative estimate of drug-likeness (QED) is 0.902. The van der Waals surface area contributed by atoms with E-state index < -0.39 is 0 Å². The van der Waals surface area contributed by atoms with Crippen LogP contribution < -0.4 is 10.1 Å². The van der Waals surface area contributed by atoms with Gasteiger partial charge in [0.05, 0.1) is 7.11 Å². The Balaban J connectivity index is 1.84. The molecule has 1 aromatic rings. The Morgan fingerprint density at radius 2 is 2.05 bits per heavy atom. The standard InChI is InChI=1S/C15H21FN2O/c1-19-14-5-4-12(10-13(14)16)15(11-2-3-11)18-8-6-17-7-9-18/h4-5,10-11,15,17H,2-3,6-9H2,1H3/t15-/m0/s1.